The van der Waals surface area contributed by atoms with Gasteiger partial charge in [0.2, 0.25) is 11.8 Å². The normalized spacial score (nSPS) is 14.2. The molecule has 0 saturated heterocycles. The summed E-state index contributed by atoms with van der Waals surface area (Å²) >= 11 is 0. The zero-order valence-corrected chi connectivity index (χ0v) is 16.5. The smallest absolute Gasteiger partial charge is 0.227 e. The van der Waals surface area contributed by atoms with Crippen molar-refractivity contribution in [2.24, 2.45) is 5.92 Å². The molecule has 2 amide bonds. The van der Waals surface area contributed by atoms with Crippen LogP contribution in [0.25, 0.3) is 10.9 Å². The first-order valence-electron chi connectivity index (χ1n) is 10.4. The third-order valence-electron chi connectivity index (χ3n) is 5.71. The molecule has 1 heterocycles. The second-order valence-corrected chi connectivity index (χ2v) is 7.81. The fourth-order valence-electron chi connectivity index (χ4n) is 4.07. The maximum Gasteiger partial charge on any atom is 0.227 e. The largest absolute Gasteiger partial charge is 0.361 e. The van der Waals surface area contributed by atoms with Crippen LogP contribution >= 0.6 is 0 Å². The Morgan fingerprint density at radius 1 is 1.03 bits per heavy atom. The Kier molecular flexibility index (Phi) is 5.94. The van der Waals surface area contributed by atoms with Crippen molar-refractivity contribution in [1.29, 1.82) is 0 Å². The number of hydrogen-bond acceptors (Lipinski definition) is 2. The molecule has 150 valence electrons. The Bertz CT molecular complexity index is 1000. The molecular formula is C24H27N3O2. The van der Waals surface area contributed by atoms with Crippen molar-refractivity contribution in [1.82, 2.24) is 10.3 Å². The van der Waals surface area contributed by atoms with E-state index in [0.717, 1.165) is 48.0 Å². The number of para-hydroxylation sites is 1. The molecule has 1 aliphatic rings. The number of carbonyl (C=O) groups is 2. The van der Waals surface area contributed by atoms with Gasteiger partial charge in [0.25, 0.3) is 0 Å². The number of hydrogen-bond donors (Lipinski definition) is 3. The SMILES string of the molecule is O=C(CCc1c[nH]c2ccccc12)NCc1cccc(NC(=O)C2CCCC2)c1. The van der Waals surface area contributed by atoms with Crippen molar-refractivity contribution >= 4 is 28.4 Å². The molecule has 0 bridgehead atoms. The third kappa shape index (κ3) is 4.86. The molecule has 3 N–H and O–H groups in total. The summed E-state index contributed by atoms with van der Waals surface area (Å²) in [5.41, 5.74) is 4.04. The van der Waals surface area contributed by atoms with E-state index >= 15 is 0 Å². The van der Waals surface area contributed by atoms with Crippen molar-refractivity contribution < 1.29 is 9.59 Å². The lowest BCUT2D eigenvalue weighted by Crippen LogP contribution is -2.23. The molecular weight excluding hydrogens is 362 g/mol. The fraction of sp³-hybridized carbons (Fsp3) is 0.333. The van der Waals surface area contributed by atoms with Gasteiger partial charge in [-0.1, -0.05) is 43.2 Å². The molecule has 0 aliphatic heterocycles. The Morgan fingerprint density at radius 2 is 1.86 bits per heavy atom. The Balaban J connectivity index is 1.27. The minimum absolute atomic E-state index is 0.0238. The van der Waals surface area contributed by atoms with E-state index in [1.807, 2.05) is 48.7 Å². The van der Waals surface area contributed by atoms with Gasteiger partial charge in [-0.05, 0) is 48.6 Å². The Labute approximate surface area is 170 Å². The second kappa shape index (κ2) is 8.95. The first-order valence-corrected chi connectivity index (χ1v) is 10.4. The monoisotopic (exact) mass is 389 g/mol. The maximum absolute atomic E-state index is 12.3. The quantitative estimate of drug-likeness (QED) is 0.555. The van der Waals surface area contributed by atoms with E-state index < -0.39 is 0 Å². The van der Waals surface area contributed by atoms with Gasteiger partial charge in [-0.3, -0.25) is 9.59 Å². The molecule has 5 heteroatoms. The van der Waals surface area contributed by atoms with Gasteiger partial charge in [0, 0.05) is 41.7 Å². The van der Waals surface area contributed by atoms with Gasteiger partial charge < -0.3 is 15.6 Å². The lowest BCUT2D eigenvalue weighted by Gasteiger charge is -2.12. The maximum atomic E-state index is 12.3. The number of carbonyl (C=O) groups excluding carboxylic acids is 2. The number of rotatable bonds is 7. The average Bonchev–Trinajstić information content (AvgIpc) is 3.41. The van der Waals surface area contributed by atoms with Gasteiger partial charge in [0.15, 0.2) is 0 Å². The summed E-state index contributed by atoms with van der Waals surface area (Å²) in [5, 5.41) is 7.17. The zero-order valence-electron chi connectivity index (χ0n) is 16.5. The third-order valence-corrected chi connectivity index (χ3v) is 5.71. The predicted octanol–water partition coefficient (Wildman–Crippen LogP) is 4.55. The number of anilines is 1. The van der Waals surface area contributed by atoms with Crippen molar-refractivity contribution in [3.63, 3.8) is 0 Å². The number of aromatic amines is 1. The van der Waals surface area contributed by atoms with Crippen molar-refractivity contribution in [2.75, 3.05) is 5.32 Å². The van der Waals surface area contributed by atoms with E-state index in [1.165, 1.54) is 5.39 Å². The summed E-state index contributed by atoms with van der Waals surface area (Å²) in [4.78, 5) is 27.8. The van der Waals surface area contributed by atoms with Crippen molar-refractivity contribution in [2.45, 2.75) is 45.1 Å². The minimum Gasteiger partial charge on any atom is -0.361 e. The highest BCUT2D eigenvalue weighted by Crippen LogP contribution is 2.26. The van der Waals surface area contributed by atoms with E-state index in [9.17, 15) is 9.59 Å². The second-order valence-electron chi connectivity index (χ2n) is 7.81. The molecule has 1 aliphatic carbocycles. The number of aryl methyl sites for hydroxylation is 1. The van der Waals surface area contributed by atoms with Crippen LogP contribution in [-0.4, -0.2) is 16.8 Å². The minimum atomic E-state index is 0.0238. The summed E-state index contributed by atoms with van der Waals surface area (Å²) in [7, 11) is 0. The molecule has 29 heavy (non-hydrogen) atoms. The van der Waals surface area contributed by atoms with E-state index in [4.69, 9.17) is 0 Å². The first kappa shape index (κ1) is 19.2. The van der Waals surface area contributed by atoms with Gasteiger partial charge in [-0.2, -0.15) is 0 Å². The summed E-state index contributed by atoms with van der Waals surface area (Å²) in [6.45, 7) is 0.458. The summed E-state index contributed by atoms with van der Waals surface area (Å²) in [6.07, 6.45) is 7.38. The molecule has 5 nitrogen and oxygen atoms in total. The number of amides is 2. The van der Waals surface area contributed by atoms with E-state index in [2.05, 4.69) is 21.7 Å². The van der Waals surface area contributed by atoms with Crippen LogP contribution < -0.4 is 10.6 Å². The van der Waals surface area contributed by atoms with Crippen LogP contribution in [-0.2, 0) is 22.6 Å². The Morgan fingerprint density at radius 3 is 2.72 bits per heavy atom. The standard InChI is InChI=1S/C24H27N3O2/c28-23(13-12-19-16-25-22-11-4-3-10-21(19)22)26-15-17-6-5-9-20(14-17)27-24(29)18-7-1-2-8-18/h3-6,9-11,14,16,18,25H,1-2,7-8,12-13,15H2,(H,26,28)(H,27,29). The highest BCUT2D eigenvalue weighted by Gasteiger charge is 2.22. The van der Waals surface area contributed by atoms with E-state index in [1.54, 1.807) is 0 Å². The van der Waals surface area contributed by atoms with Gasteiger partial charge in [0.05, 0.1) is 0 Å². The molecule has 0 radical (unpaired) electrons. The van der Waals surface area contributed by atoms with E-state index in [-0.39, 0.29) is 17.7 Å². The van der Waals surface area contributed by atoms with Crippen LogP contribution in [0.1, 0.15) is 43.2 Å². The van der Waals surface area contributed by atoms with Crippen LogP contribution in [0.3, 0.4) is 0 Å². The van der Waals surface area contributed by atoms with Crippen LogP contribution in [0.15, 0.2) is 54.7 Å². The van der Waals surface area contributed by atoms with Crippen LogP contribution in [0.2, 0.25) is 0 Å². The molecule has 2 aromatic carbocycles. The summed E-state index contributed by atoms with van der Waals surface area (Å²) < 4.78 is 0. The topological polar surface area (TPSA) is 74.0 Å². The van der Waals surface area contributed by atoms with Gasteiger partial charge in [-0.25, -0.2) is 0 Å². The van der Waals surface area contributed by atoms with E-state index in [0.29, 0.717) is 19.4 Å². The van der Waals surface area contributed by atoms with Crippen molar-refractivity contribution in [3.05, 3.63) is 65.9 Å². The highest BCUT2D eigenvalue weighted by atomic mass is 16.2. The number of nitrogens with one attached hydrogen (secondary N) is 3. The summed E-state index contributed by atoms with van der Waals surface area (Å²) in [6, 6.07) is 15.8. The summed E-state index contributed by atoms with van der Waals surface area (Å²) in [5.74, 6) is 0.279. The molecule has 3 aromatic rings. The fourth-order valence-corrected chi connectivity index (χ4v) is 4.07. The predicted molar refractivity (Wildman–Crippen MR) is 115 cm³/mol. The van der Waals surface area contributed by atoms with Crippen LogP contribution in [0.4, 0.5) is 5.69 Å². The number of H-pyrrole nitrogens is 1. The van der Waals surface area contributed by atoms with Crippen LogP contribution in [0, 0.1) is 5.92 Å². The average molecular weight is 389 g/mol. The van der Waals surface area contributed by atoms with Crippen LogP contribution in [0.5, 0.6) is 0 Å². The van der Waals surface area contributed by atoms with Gasteiger partial charge in [-0.15, -0.1) is 0 Å². The molecule has 0 spiro atoms. The number of fused-ring (bicyclic) bond motifs is 1. The number of aromatic nitrogens is 1. The lowest BCUT2D eigenvalue weighted by atomic mass is 10.1. The molecule has 1 saturated carbocycles. The first-order chi connectivity index (χ1) is 14.2. The molecule has 1 fully saturated rings. The van der Waals surface area contributed by atoms with Gasteiger partial charge in [0.1, 0.15) is 0 Å². The Hall–Kier alpha value is -3.08. The molecule has 1 aromatic heterocycles. The zero-order chi connectivity index (χ0) is 20.1. The molecule has 4 rings (SSSR count). The molecule has 0 atom stereocenters. The highest BCUT2D eigenvalue weighted by molar-refractivity contribution is 5.92. The lowest BCUT2D eigenvalue weighted by molar-refractivity contribution is -0.121. The van der Waals surface area contributed by atoms with Gasteiger partial charge >= 0.3 is 0 Å². The molecule has 0 unspecified atom stereocenters. The van der Waals surface area contributed by atoms with Crippen molar-refractivity contribution in [3.8, 4) is 0 Å². The number of benzene rings is 2.